The molecule has 1 heterocycles. The van der Waals surface area contributed by atoms with Crippen molar-refractivity contribution in [3.05, 3.63) is 29.2 Å². The highest BCUT2D eigenvalue weighted by Gasteiger charge is 2.09. The number of carbonyl (C=O) groups excluding carboxylic acids is 1. The van der Waals surface area contributed by atoms with Crippen molar-refractivity contribution in [2.45, 2.75) is 13.3 Å². The lowest BCUT2D eigenvalue weighted by molar-refractivity contribution is 0.0564. The number of ether oxygens (including phenoxy) is 1. The minimum absolute atomic E-state index is 0.00917. The SMILES string of the molecule is CCC(=Cc1ccc(C(=O)OC)o1)CO. The average molecular weight is 210 g/mol. The third kappa shape index (κ3) is 2.95. The molecule has 82 valence electrons. The molecule has 0 saturated heterocycles. The van der Waals surface area contributed by atoms with Crippen LogP contribution in [0.3, 0.4) is 0 Å². The van der Waals surface area contributed by atoms with Crippen molar-refractivity contribution in [2.75, 3.05) is 13.7 Å². The van der Waals surface area contributed by atoms with Crippen molar-refractivity contribution < 1.29 is 19.1 Å². The molecule has 4 nitrogen and oxygen atoms in total. The number of methoxy groups -OCH3 is 1. The van der Waals surface area contributed by atoms with Crippen molar-refractivity contribution in [1.82, 2.24) is 0 Å². The molecule has 0 aromatic carbocycles. The van der Waals surface area contributed by atoms with E-state index in [2.05, 4.69) is 4.74 Å². The van der Waals surface area contributed by atoms with Crippen molar-refractivity contribution in [2.24, 2.45) is 0 Å². The van der Waals surface area contributed by atoms with Gasteiger partial charge in [-0.2, -0.15) is 0 Å². The van der Waals surface area contributed by atoms with Crippen molar-refractivity contribution in [3.8, 4) is 0 Å². The zero-order chi connectivity index (χ0) is 11.3. The standard InChI is InChI=1S/C11H14O4/c1-3-8(7-12)6-9-4-5-10(15-9)11(13)14-2/h4-6,12H,3,7H2,1-2H3. The topological polar surface area (TPSA) is 59.7 Å². The Hall–Kier alpha value is -1.55. The van der Waals surface area contributed by atoms with Crippen LogP contribution in [0.1, 0.15) is 29.7 Å². The lowest BCUT2D eigenvalue weighted by Gasteiger charge is -1.97. The molecule has 1 N–H and O–H groups in total. The van der Waals surface area contributed by atoms with Gasteiger partial charge in [-0.3, -0.25) is 0 Å². The molecule has 0 amide bonds. The maximum absolute atomic E-state index is 11.1. The number of esters is 1. The summed E-state index contributed by atoms with van der Waals surface area (Å²) in [5.41, 5.74) is 0.848. The van der Waals surface area contributed by atoms with Crippen molar-refractivity contribution in [3.63, 3.8) is 0 Å². The largest absolute Gasteiger partial charge is 0.463 e. The number of hydrogen-bond donors (Lipinski definition) is 1. The number of rotatable bonds is 4. The first-order valence-corrected chi connectivity index (χ1v) is 4.69. The Bertz CT molecular complexity index is 356. The second-order valence-electron chi connectivity index (χ2n) is 3.01. The fraction of sp³-hybridized carbons (Fsp3) is 0.364. The number of aliphatic hydroxyl groups is 1. The molecule has 0 aliphatic heterocycles. The van der Waals surface area contributed by atoms with Crippen LogP contribution in [0.25, 0.3) is 6.08 Å². The van der Waals surface area contributed by atoms with E-state index in [1.54, 1.807) is 18.2 Å². The second-order valence-corrected chi connectivity index (χ2v) is 3.01. The minimum atomic E-state index is -0.503. The van der Waals surface area contributed by atoms with E-state index in [1.165, 1.54) is 7.11 Å². The van der Waals surface area contributed by atoms with Crippen LogP contribution in [0, 0.1) is 0 Å². The van der Waals surface area contributed by atoms with Gasteiger partial charge in [0.15, 0.2) is 0 Å². The van der Waals surface area contributed by atoms with Crippen LogP contribution in [0.4, 0.5) is 0 Å². The molecule has 0 radical (unpaired) electrons. The lowest BCUT2D eigenvalue weighted by atomic mass is 10.2. The summed E-state index contributed by atoms with van der Waals surface area (Å²) in [6, 6.07) is 3.21. The number of carbonyl (C=O) groups is 1. The second kappa shape index (κ2) is 5.36. The molecule has 15 heavy (non-hydrogen) atoms. The molecule has 0 atom stereocenters. The lowest BCUT2D eigenvalue weighted by Crippen LogP contribution is -1.98. The first-order valence-electron chi connectivity index (χ1n) is 4.69. The van der Waals surface area contributed by atoms with E-state index in [-0.39, 0.29) is 12.4 Å². The molecule has 0 bridgehead atoms. The molecule has 0 spiro atoms. The van der Waals surface area contributed by atoms with E-state index in [0.29, 0.717) is 5.76 Å². The van der Waals surface area contributed by atoms with Gasteiger partial charge in [0.05, 0.1) is 13.7 Å². The average Bonchev–Trinajstić information content (AvgIpc) is 2.73. The van der Waals surface area contributed by atoms with Crippen LogP contribution in [0.2, 0.25) is 0 Å². The Morgan fingerprint density at radius 1 is 1.60 bits per heavy atom. The van der Waals surface area contributed by atoms with Gasteiger partial charge in [0, 0.05) is 0 Å². The monoisotopic (exact) mass is 210 g/mol. The Morgan fingerprint density at radius 2 is 2.33 bits per heavy atom. The molecule has 1 aromatic heterocycles. The first kappa shape index (κ1) is 11.5. The van der Waals surface area contributed by atoms with E-state index < -0.39 is 5.97 Å². The van der Waals surface area contributed by atoms with Crippen molar-refractivity contribution >= 4 is 12.0 Å². The van der Waals surface area contributed by atoms with E-state index in [1.807, 2.05) is 6.92 Å². The molecular weight excluding hydrogens is 196 g/mol. The highest BCUT2D eigenvalue weighted by Crippen LogP contribution is 2.13. The summed E-state index contributed by atoms with van der Waals surface area (Å²) in [4.78, 5) is 11.1. The van der Waals surface area contributed by atoms with Crippen LogP contribution in [-0.4, -0.2) is 24.8 Å². The molecule has 4 heteroatoms. The Balaban J connectivity index is 2.84. The quantitative estimate of drug-likeness (QED) is 0.770. The zero-order valence-corrected chi connectivity index (χ0v) is 8.82. The van der Waals surface area contributed by atoms with Crippen LogP contribution in [0.15, 0.2) is 22.1 Å². The molecule has 0 aliphatic rings. The Morgan fingerprint density at radius 3 is 2.87 bits per heavy atom. The van der Waals surface area contributed by atoms with E-state index >= 15 is 0 Å². The van der Waals surface area contributed by atoms with Gasteiger partial charge in [-0.15, -0.1) is 0 Å². The number of aliphatic hydroxyl groups excluding tert-OH is 1. The summed E-state index contributed by atoms with van der Waals surface area (Å²) in [5.74, 6) is 0.204. The van der Waals surface area contributed by atoms with Crippen LogP contribution < -0.4 is 0 Å². The van der Waals surface area contributed by atoms with Gasteiger partial charge in [0.25, 0.3) is 0 Å². The van der Waals surface area contributed by atoms with E-state index in [4.69, 9.17) is 9.52 Å². The fourth-order valence-corrected chi connectivity index (χ4v) is 1.10. The minimum Gasteiger partial charge on any atom is -0.463 e. The zero-order valence-electron chi connectivity index (χ0n) is 8.82. The van der Waals surface area contributed by atoms with Gasteiger partial charge >= 0.3 is 5.97 Å². The van der Waals surface area contributed by atoms with E-state index in [9.17, 15) is 4.79 Å². The summed E-state index contributed by atoms with van der Waals surface area (Å²) in [5, 5.41) is 8.95. The van der Waals surface area contributed by atoms with Crippen LogP contribution in [0.5, 0.6) is 0 Å². The van der Waals surface area contributed by atoms with Gasteiger partial charge < -0.3 is 14.3 Å². The van der Waals surface area contributed by atoms with Crippen molar-refractivity contribution in [1.29, 1.82) is 0 Å². The summed E-state index contributed by atoms with van der Waals surface area (Å²) in [6.07, 6.45) is 2.46. The van der Waals surface area contributed by atoms with E-state index in [0.717, 1.165) is 12.0 Å². The van der Waals surface area contributed by atoms with Gasteiger partial charge in [-0.25, -0.2) is 4.79 Å². The highest BCUT2D eigenvalue weighted by atomic mass is 16.5. The van der Waals surface area contributed by atoms with Gasteiger partial charge in [0.1, 0.15) is 5.76 Å². The Kier molecular flexibility index (Phi) is 4.12. The summed E-state index contributed by atoms with van der Waals surface area (Å²) in [7, 11) is 1.30. The van der Waals surface area contributed by atoms with Crippen LogP contribution >= 0.6 is 0 Å². The molecule has 0 aliphatic carbocycles. The molecule has 1 aromatic rings. The maximum Gasteiger partial charge on any atom is 0.373 e. The smallest absolute Gasteiger partial charge is 0.373 e. The maximum atomic E-state index is 11.1. The predicted octanol–water partition coefficient (Wildman–Crippen LogP) is 1.85. The molecular formula is C11H14O4. The fourth-order valence-electron chi connectivity index (χ4n) is 1.10. The molecule has 0 fully saturated rings. The molecule has 1 rings (SSSR count). The Labute approximate surface area is 88.2 Å². The molecule has 0 saturated carbocycles. The summed E-state index contributed by atoms with van der Waals surface area (Å²) >= 11 is 0. The molecule has 0 unspecified atom stereocenters. The first-order chi connectivity index (χ1) is 7.21. The summed E-state index contributed by atoms with van der Waals surface area (Å²) in [6.45, 7) is 1.93. The van der Waals surface area contributed by atoms with Gasteiger partial charge in [0.2, 0.25) is 5.76 Å². The number of hydrogen-bond acceptors (Lipinski definition) is 4. The summed E-state index contributed by atoms with van der Waals surface area (Å²) < 4.78 is 9.71. The predicted molar refractivity (Wildman–Crippen MR) is 55.4 cm³/mol. The van der Waals surface area contributed by atoms with Crippen LogP contribution in [-0.2, 0) is 4.74 Å². The normalized spacial score (nSPS) is 11.5. The van der Waals surface area contributed by atoms with Gasteiger partial charge in [-0.05, 0) is 30.2 Å². The highest BCUT2D eigenvalue weighted by molar-refractivity contribution is 5.86. The number of furan rings is 1. The third-order valence-corrected chi connectivity index (χ3v) is 2.02. The third-order valence-electron chi connectivity index (χ3n) is 2.02. The van der Waals surface area contributed by atoms with Gasteiger partial charge in [-0.1, -0.05) is 6.92 Å².